The molecule has 0 spiro atoms. The number of alkyl halides is 2. The molecule has 0 heterocycles. The Balaban J connectivity index is 2.36. The summed E-state index contributed by atoms with van der Waals surface area (Å²) in [7, 11) is 0. The third-order valence-electron chi connectivity index (χ3n) is 3.27. The molecule has 1 fully saturated rings. The van der Waals surface area contributed by atoms with Crippen molar-refractivity contribution in [2.24, 2.45) is 0 Å². The standard InChI is InChI=1S/C12H13BrF2N2O3/c1-12(18)4-7(5-12)16-10-8(11(14)15)2-6(13)3-9(10)17(19)20/h2-3,7,11,16,18H,4-5H2,1H3. The molecule has 0 radical (unpaired) electrons. The van der Waals surface area contributed by atoms with E-state index >= 15 is 0 Å². The topological polar surface area (TPSA) is 75.4 Å². The molecule has 0 saturated heterocycles. The van der Waals surface area contributed by atoms with Crippen molar-refractivity contribution in [1.82, 2.24) is 0 Å². The maximum absolute atomic E-state index is 13.0. The van der Waals surface area contributed by atoms with E-state index in [4.69, 9.17) is 0 Å². The van der Waals surface area contributed by atoms with Crippen LogP contribution in [-0.2, 0) is 0 Å². The second kappa shape index (κ2) is 5.25. The first-order chi connectivity index (χ1) is 9.19. The summed E-state index contributed by atoms with van der Waals surface area (Å²) in [6.07, 6.45) is -2.10. The van der Waals surface area contributed by atoms with Crippen LogP contribution in [0, 0.1) is 10.1 Å². The van der Waals surface area contributed by atoms with E-state index in [2.05, 4.69) is 21.2 Å². The number of rotatable bonds is 4. The van der Waals surface area contributed by atoms with E-state index in [0.29, 0.717) is 12.8 Å². The molecule has 2 rings (SSSR count). The lowest BCUT2D eigenvalue weighted by Crippen LogP contribution is -2.48. The Labute approximate surface area is 122 Å². The van der Waals surface area contributed by atoms with E-state index in [1.165, 1.54) is 6.07 Å². The van der Waals surface area contributed by atoms with E-state index in [-0.39, 0.29) is 16.2 Å². The predicted octanol–water partition coefficient (Wildman–Crippen LogP) is 3.62. The van der Waals surface area contributed by atoms with Gasteiger partial charge in [0.1, 0.15) is 5.69 Å². The van der Waals surface area contributed by atoms with Gasteiger partial charge in [0, 0.05) is 22.1 Å². The fraction of sp³-hybridized carbons (Fsp3) is 0.500. The number of halogens is 3. The summed E-state index contributed by atoms with van der Waals surface area (Å²) in [5, 5.41) is 23.4. The fourth-order valence-electron chi connectivity index (χ4n) is 2.39. The van der Waals surface area contributed by atoms with Crippen LogP contribution in [0.3, 0.4) is 0 Å². The third-order valence-corrected chi connectivity index (χ3v) is 3.72. The second-order valence-electron chi connectivity index (χ2n) is 5.19. The van der Waals surface area contributed by atoms with Gasteiger partial charge in [0.15, 0.2) is 0 Å². The molecule has 0 aliphatic heterocycles. The molecule has 1 aromatic rings. The maximum Gasteiger partial charge on any atom is 0.293 e. The van der Waals surface area contributed by atoms with Crippen LogP contribution in [-0.4, -0.2) is 21.7 Å². The first kappa shape index (κ1) is 15.1. The molecular weight excluding hydrogens is 338 g/mol. The van der Waals surface area contributed by atoms with Crippen molar-refractivity contribution in [3.63, 3.8) is 0 Å². The first-order valence-electron chi connectivity index (χ1n) is 5.94. The van der Waals surface area contributed by atoms with Gasteiger partial charge < -0.3 is 10.4 Å². The summed E-state index contributed by atoms with van der Waals surface area (Å²) in [6, 6.07) is 2.10. The normalized spacial score (nSPS) is 25.4. The zero-order valence-electron chi connectivity index (χ0n) is 10.6. The van der Waals surface area contributed by atoms with Crippen molar-refractivity contribution in [1.29, 1.82) is 0 Å². The van der Waals surface area contributed by atoms with E-state index in [0.717, 1.165) is 6.07 Å². The zero-order valence-corrected chi connectivity index (χ0v) is 12.2. The van der Waals surface area contributed by atoms with Crippen LogP contribution < -0.4 is 5.32 Å². The quantitative estimate of drug-likeness (QED) is 0.642. The number of hydrogen-bond acceptors (Lipinski definition) is 4. The van der Waals surface area contributed by atoms with E-state index in [1.54, 1.807) is 6.92 Å². The van der Waals surface area contributed by atoms with Gasteiger partial charge in [-0.05, 0) is 25.8 Å². The van der Waals surface area contributed by atoms with Crippen LogP contribution in [0.25, 0.3) is 0 Å². The summed E-state index contributed by atoms with van der Waals surface area (Å²) in [6.45, 7) is 1.63. The highest BCUT2D eigenvalue weighted by Gasteiger charge is 2.39. The van der Waals surface area contributed by atoms with Crippen molar-refractivity contribution >= 4 is 27.3 Å². The lowest BCUT2D eigenvalue weighted by atomic mass is 9.77. The number of nitrogens with one attached hydrogen (secondary N) is 1. The molecule has 8 heteroatoms. The number of nitrogens with zero attached hydrogens (tertiary/aromatic N) is 1. The Hall–Kier alpha value is -1.28. The molecule has 5 nitrogen and oxygen atoms in total. The molecule has 0 amide bonds. The smallest absolute Gasteiger partial charge is 0.293 e. The summed E-state index contributed by atoms with van der Waals surface area (Å²) in [5.74, 6) is 0. The highest BCUT2D eigenvalue weighted by atomic mass is 79.9. The lowest BCUT2D eigenvalue weighted by molar-refractivity contribution is -0.384. The average molecular weight is 351 g/mol. The van der Waals surface area contributed by atoms with Gasteiger partial charge in [0.05, 0.1) is 10.5 Å². The monoisotopic (exact) mass is 350 g/mol. The molecule has 0 atom stereocenters. The Kier molecular flexibility index (Phi) is 3.97. The van der Waals surface area contributed by atoms with Gasteiger partial charge in [-0.15, -0.1) is 0 Å². The van der Waals surface area contributed by atoms with E-state index in [1.807, 2.05) is 0 Å². The Morgan fingerprint density at radius 1 is 1.55 bits per heavy atom. The van der Waals surface area contributed by atoms with Crippen LogP contribution >= 0.6 is 15.9 Å². The minimum absolute atomic E-state index is 0.172. The van der Waals surface area contributed by atoms with Gasteiger partial charge in [-0.2, -0.15) is 0 Å². The molecule has 1 aromatic carbocycles. The Morgan fingerprint density at radius 3 is 2.60 bits per heavy atom. The molecule has 1 aliphatic rings. The molecule has 0 unspecified atom stereocenters. The molecule has 0 bridgehead atoms. The molecule has 20 heavy (non-hydrogen) atoms. The minimum atomic E-state index is -2.82. The second-order valence-corrected chi connectivity index (χ2v) is 6.11. The summed E-state index contributed by atoms with van der Waals surface area (Å²) >= 11 is 2.99. The van der Waals surface area contributed by atoms with Gasteiger partial charge in [0.25, 0.3) is 12.1 Å². The summed E-state index contributed by atoms with van der Waals surface area (Å²) < 4.78 is 26.3. The number of aliphatic hydroxyl groups is 1. The van der Waals surface area contributed by atoms with Crippen LogP contribution in [0.15, 0.2) is 16.6 Å². The van der Waals surface area contributed by atoms with Gasteiger partial charge in [-0.1, -0.05) is 15.9 Å². The van der Waals surface area contributed by atoms with Crippen LogP contribution in [0.4, 0.5) is 20.2 Å². The lowest BCUT2D eigenvalue weighted by Gasteiger charge is -2.41. The average Bonchev–Trinajstić information content (AvgIpc) is 2.27. The molecular formula is C12H13BrF2N2O3. The highest BCUT2D eigenvalue weighted by Crippen LogP contribution is 2.41. The van der Waals surface area contributed by atoms with Crippen molar-refractivity contribution in [3.8, 4) is 0 Å². The number of anilines is 1. The summed E-state index contributed by atoms with van der Waals surface area (Å²) in [5.41, 5.74) is -1.83. The van der Waals surface area contributed by atoms with Gasteiger partial charge >= 0.3 is 0 Å². The van der Waals surface area contributed by atoms with Crippen LogP contribution in [0.1, 0.15) is 31.8 Å². The van der Waals surface area contributed by atoms with Crippen molar-refractivity contribution < 1.29 is 18.8 Å². The Bertz CT molecular complexity index is 544. The fourth-order valence-corrected chi connectivity index (χ4v) is 2.86. The summed E-state index contributed by atoms with van der Waals surface area (Å²) in [4.78, 5) is 10.3. The Morgan fingerprint density at radius 2 is 2.15 bits per heavy atom. The van der Waals surface area contributed by atoms with E-state index in [9.17, 15) is 24.0 Å². The van der Waals surface area contributed by atoms with Gasteiger partial charge in [-0.25, -0.2) is 8.78 Å². The SMILES string of the molecule is CC1(O)CC(Nc2c(C(F)F)cc(Br)cc2[N+](=O)[O-])C1. The largest absolute Gasteiger partial charge is 0.390 e. The third kappa shape index (κ3) is 3.06. The van der Waals surface area contributed by atoms with E-state index < -0.39 is 28.2 Å². The predicted molar refractivity (Wildman–Crippen MR) is 73.0 cm³/mol. The number of nitro groups is 1. The highest BCUT2D eigenvalue weighted by molar-refractivity contribution is 9.10. The van der Waals surface area contributed by atoms with Crippen molar-refractivity contribution in [2.45, 2.75) is 37.8 Å². The van der Waals surface area contributed by atoms with Gasteiger partial charge in [-0.3, -0.25) is 10.1 Å². The molecule has 2 N–H and O–H groups in total. The maximum atomic E-state index is 13.0. The number of nitro benzene ring substituents is 1. The molecule has 0 aromatic heterocycles. The van der Waals surface area contributed by atoms with Gasteiger partial charge in [0.2, 0.25) is 0 Å². The number of benzene rings is 1. The number of hydrogen-bond donors (Lipinski definition) is 2. The first-order valence-corrected chi connectivity index (χ1v) is 6.74. The molecule has 1 aliphatic carbocycles. The van der Waals surface area contributed by atoms with Crippen molar-refractivity contribution in [2.75, 3.05) is 5.32 Å². The zero-order chi connectivity index (χ0) is 15.1. The van der Waals surface area contributed by atoms with Crippen LogP contribution in [0.2, 0.25) is 0 Å². The van der Waals surface area contributed by atoms with Crippen molar-refractivity contribution in [3.05, 3.63) is 32.3 Å². The molecule has 110 valence electrons. The minimum Gasteiger partial charge on any atom is -0.390 e. The molecule has 1 saturated carbocycles. The van der Waals surface area contributed by atoms with Crippen LogP contribution in [0.5, 0.6) is 0 Å².